The zero-order valence-electron chi connectivity index (χ0n) is 10.4. The van der Waals surface area contributed by atoms with Gasteiger partial charge in [-0.1, -0.05) is 0 Å². The lowest BCUT2D eigenvalue weighted by Crippen LogP contribution is -1.92. The maximum absolute atomic E-state index is 5.88. The monoisotopic (exact) mass is 277 g/mol. The van der Waals surface area contributed by atoms with E-state index in [0.29, 0.717) is 0 Å². The van der Waals surface area contributed by atoms with Crippen LogP contribution in [0.3, 0.4) is 0 Å². The highest BCUT2D eigenvalue weighted by molar-refractivity contribution is 7.18. The van der Waals surface area contributed by atoms with E-state index in [1.807, 2.05) is 6.07 Å². The first kappa shape index (κ1) is 11.7. The molecule has 0 radical (unpaired) electrons. The molecule has 0 aliphatic carbocycles. The molecule has 0 bridgehead atoms. The molecule has 3 aromatic rings. The number of aryl methyl sites for hydroxylation is 2. The van der Waals surface area contributed by atoms with Crippen molar-refractivity contribution in [2.45, 2.75) is 13.8 Å². The van der Waals surface area contributed by atoms with Crippen LogP contribution in [-0.2, 0) is 7.05 Å². The molecule has 0 unspecified atom stereocenters. The highest BCUT2D eigenvalue weighted by atomic mass is 35.5. The van der Waals surface area contributed by atoms with E-state index >= 15 is 0 Å². The first-order valence-corrected chi connectivity index (χ1v) is 6.81. The average molecular weight is 278 g/mol. The van der Waals surface area contributed by atoms with Crippen molar-refractivity contribution in [1.82, 2.24) is 14.5 Å². The lowest BCUT2D eigenvalue weighted by atomic mass is 10.1. The molecule has 5 heteroatoms. The van der Waals surface area contributed by atoms with E-state index in [4.69, 9.17) is 11.6 Å². The summed E-state index contributed by atoms with van der Waals surface area (Å²) in [6, 6.07) is 4.11. The fraction of sp³-hybridized carbons (Fsp3) is 0.231. The van der Waals surface area contributed by atoms with Gasteiger partial charge in [-0.05, 0) is 37.6 Å². The van der Waals surface area contributed by atoms with E-state index < -0.39 is 0 Å². The summed E-state index contributed by atoms with van der Waals surface area (Å²) in [6.45, 7) is 4.23. The molecule has 0 saturated heterocycles. The lowest BCUT2D eigenvalue weighted by Gasteiger charge is -2.02. The smallest absolute Gasteiger partial charge is 0.222 e. The van der Waals surface area contributed by atoms with Crippen LogP contribution in [-0.4, -0.2) is 14.5 Å². The molecule has 0 atom stereocenters. The van der Waals surface area contributed by atoms with E-state index in [0.717, 1.165) is 11.3 Å². The Morgan fingerprint density at radius 2 is 2.11 bits per heavy atom. The first-order valence-electron chi connectivity index (χ1n) is 5.62. The molecular weight excluding hydrogens is 266 g/mol. The second-order valence-electron chi connectivity index (χ2n) is 4.31. The van der Waals surface area contributed by atoms with Crippen molar-refractivity contribution in [3.63, 3.8) is 0 Å². The van der Waals surface area contributed by atoms with Crippen molar-refractivity contribution in [2.24, 2.45) is 7.05 Å². The lowest BCUT2D eigenvalue weighted by molar-refractivity contribution is 0.925. The molecule has 92 valence electrons. The minimum Gasteiger partial charge on any atom is -0.339 e. The maximum atomic E-state index is 5.88. The van der Waals surface area contributed by atoms with E-state index in [1.54, 1.807) is 17.5 Å². The molecule has 18 heavy (non-hydrogen) atoms. The quantitative estimate of drug-likeness (QED) is 0.630. The van der Waals surface area contributed by atoms with Crippen molar-refractivity contribution >= 4 is 33.2 Å². The van der Waals surface area contributed by atoms with Crippen molar-refractivity contribution in [3.8, 4) is 11.3 Å². The van der Waals surface area contributed by atoms with Gasteiger partial charge in [-0.3, -0.25) is 0 Å². The van der Waals surface area contributed by atoms with Crippen molar-refractivity contribution in [3.05, 3.63) is 34.2 Å². The van der Waals surface area contributed by atoms with Gasteiger partial charge in [0, 0.05) is 34.8 Å². The number of hydrogen-bond acceptors (Lipinski definition) is 3. The second kappa shape index (κ2) is 4.07. The van der Waals surface area contributed by atoms with Crippen LogP contribution in [0, 0.1) is 13.8 Å². The molecule has 0 amide bonds. The number of rotatable bonds is 1. The van der Waals surface area contributed by atoms with Crippen LogP contribution in [0.25, 0.3) is 21.5 Å². The van der Waals surface area contributed by atoms with Gasteiger partial charge < -0.3 is 4.57 Å². The molecule has 0 aliphatic heterocycles. The number of aromatic nitrogens is 3. The Labute approximate surface area is 114 Å². The summed E-state index contributed by atoms with van der Waals surface area (Å²) in [5.74, 6) is 0. The summed E-state index contributed by atoms with van der Waals surface area (Å²) < 4.78 is 2.21. The van der Waals surface area contributed by atoms with Crippen LogP contribution < -0.4 is 0 Å². The van der Waals surface area contributed by atoms with Gasteiger partial charge in [-0.25, -0.2) is 9.97 Å². The molecule has 0 N–H and O–H groups in total. The number of thiophene rings is 1. The van der Waals surface area contributed by atoms with Crippen molar-refractivity contribution in [1.29, 1.82) is 0 Å². The predicted octanol–water partition coefficient (Wildman–Crippen LogP) is 3.97. The number of hydrogen-bond donors (Lipinski definition) is 0. The number of nitrogens with zero attached hydrogens (tertiary/aromatic N) is 3. The van der Waals surface area contributed by atoms with Crippen LogP contribution in [0.1, 0.15) is 10.6 Å². The van der Waals surface area contributed by atoms with Gasteiger partial charge in [0.25, 0.3) is 0 Å². The molecule has 3 heterocycles. The SMILES string of the molecule is Cc1cc2c(-c3ccnc(Cl)n3)c(C)n(C)c2s1. The van der Waals surface area contributed by atoms with E-state index in [1.165, 1.54) is 20.8 Å². The highest BCUT2D eigenvalue weighted by Gasteiger charge is 2.17. The molecule has 0 saturated carbocycles. The molecule has 0 fully saturated rings. The van der Waals surface area contributed by atoms with Crippen LogP contribution in [0.5, 0.6) is 0 Å². The van der Waals surface area contributed by atoms with Crippen molar-refractivity contribution in [2.75, 3.05) is 0 Å². The Hall–Kier alpha value is -1.39. The minimum atomic E-state index is 0.288. The van der Waals surface area contributed by atoms with E-state index in [9.17, 15) is 0 Å². The maximum Gasteiger partial charge on any atom is 0.222 e. The van der Waals surface area contributed by atoms with Gasteiger partial charge in [-0.2, -0.15) is 0 Å². The Morgan fingerprint density at radius 1 is 1.33 bits per heavy atom. The molecule has 3 nitrogen and oxygen atoms in total. The van der Waals surface area contributed by atoms with Crippen LogP contribution in [0.4, 0.5) is 0 Å². The standard InChI is InChI=1S/C13H12ClN3S/c1-7-6-9-11(8(2)17(3)12(9)18-7)10-4-5-15-13(14)16-10/h4-6H,1-3H3. The summed E-state index contributed by atoms with van der Waals surface area (Å²) in [5.41, 5.74) is 3.24. The van der Waals surface area contributed by atoms with E-state index in [2.05, 4.69) is 41.5 Å². The Kier molecular flexibility index (Phi) is 2.64. The molecule has 0 aromatic carbocycles. The third-order valence-electron chi connectivity index (χ3n) is 3.16. The zero-order valence-corrected chi connectivity index (χ0v) is 11.9. The third-order valence-corrected chi connectivity index (χ3v) is 4.47. The first-order chi connectivity index (χ1) is 8.58. The number of fused-ring (bicyclic) bond motifs is 1. The van der Waals surface area contributed by atoms with Gasteiger partial charge in [0.1, 0.15) is 4.83 Å². The summed E-state index contributed by atoms with van der Waals surface area (Å²) in [5, 5.41) is 1.53. The minimum absolute atomic E-state index is 0.288. The van der Waals surface area contributed by atoms with E-state index in [-0.39, 0.29) is 5.28 Å². The van der Waals surface area contributed by atoms with Crippen LogP contribution >= 0.6 is 22.9 Å². The zero-order chi connectivity index (χ0) is 12.9. The summed E-state index contributed by atoms with van der Waals surface area (Å²) in [7, 11) is 2.08. The third kappa shape index (κ3) is 1.64. The fourth-order valence-corrected chi connectivity index (χ4v) is 3.42. The molecule has 3 aromatic heterocycles. The number of halogens is 1. The Morgan fingerprint density at radius 3 is 2.83 bits per heavy atom. The van der Waals surface area contributed by atoms with Crippen LogP contribution in [0.2, 0.25) is 5.28 Å². The van der Waals surface area contributed by atoms with Crippen molar-refractivity contribution < 1.29 is 0 Å². The highest BCUT2D eigenvalue weighted by Crippen LogP contribution is 2.37. The molecule has 3 rings (SSSR count). The molecule has 0 aliphatic rings. The normalized spacial score (nSPS) is 11.3. The predicted molar refractivity (Wildman–Crippen MR) is 76.3 cm³/mol. The largest absolute Gasteiger partial charge is 0.339 e. The molecule has 0 spiro atoms. The Balaban J connectivity index is 2.37. The second-order valence-corrected chi connectivity index (χ2v) is 5.88. The van der Waals surface area contributed by atoms with Gasteiger partial charge in [0.05, 0.1) is 5.69 Å². The topological polar surface area (TPSA) is 30.7 Å². The summed E-state index contributed by atoms with van der Waals surface area (Å²) in [6.07, 6.45) is 1.70. The van der Waals surface area contributed by atoms with Gasteiger partial charge in [0.2, 0.25) is 5.28 Å². The Bertz CT molecular complexity index is 742. The molecular formula is C13H12ClN3S. The van der Waals surface area contributed by atoms with Gasteiger partial charge >= 0.3 is 0 Å². The summed E-state index contributed by atoms with van der Waals surface area (Å²) in [4.78, 5) is 10.8. The van der Waals surface area contributed by atoms with Gasteiger partial charge in [-0.15, -0.1) is 11.3 Å². The average Bonchev–Trinajstić information content (AvgIpc) is 2.79. The van der Waals surface area contributed by atoms with Gasteiger partial charge in [0.15, 0.2) is 0 Å². The summed E-state index contributed by atoms with van der Waals surface area (Å²) >= 11 is 7.68. The fourth-order valence-electron chi connectivity index (χ4n) is 2.24. The van der Waals surface area contributed by atoms with Crippen LogP contribution in [0.15, 0.2) is 18.3 Å².